The molecule has 0 fully saturated rings. The minimum absolute atomic E-state index is 0.0900. The molecule has 1 unspecified atom stereocenters. The molecule has 90 valence electrons. The quantitative estimate of drug-likeness (QED) is 0.862. The van der Waals surface area contributed by atoms with Gasteiger partial charge in [0.25, 0.3) is 0 Å². The third kappa shape index (κ3) is 5.66. The zero-order valence-electron chi connectivity index (χ0n) is 9.80. The fraction of sp³-hybridized carbons (Fsp3) is 0.636. The molecule has 0 saturated carbocycles. The zero-order chi connectivity index (χ0) is 12.2. The van der Waals surface area contributed by atoms with Crippen LogP contribution in [-0.4, -0.2) is 21.9 Å². The standard InChI is InChI=1S/C11H17BrClN3/c1-11(2,3)4-9(13)7-16-10-14-5-8(12)6-15-10/h5-6,9H,4,7H2,1-3H3,(H,14,15,16). The highest BCUT2D eigenvalue weighted by molar-refractivity contribution is 9.10. The second kappa shape index (κ2) is 5.82. The predicted octanol–water partition coefficient (Wildman–Crippen LogP) is 3.69. The van der Waals surface area contributed by atoms with Crippen molar-refractivity contribution in [2.75, 3.05) is 11.9 Å². The van der Waals surface area contributed by atoms with E-state index in [9.17, 15) is 0 Å². The SMILES string of the molecule is CC(C)(C)CC(Cl)CNc1ncc(Br)cn1. The van der Waals surface area contributed by atoms with E-state index in [1.165, 1.54) is 0 Å². The summed E-state index contributed by atoms with van der Waals surface area (Å²) in [5, 5.41) is 3.21. The van der Waals surface area contributed by atoms with Crippen LogP contribution in [0.1, 0.15) is 27.2 Å². The predicted molar refractivity (Wildman–Crippen MR) is 71.9 cm³/mol. The minimum atomic E-state index is 0.0900. The number of aromatic nitrogens is 2. The molecule has 16 heavy (non-hydrogen) atoms. The Bertz CT molecular complexity index is 321. The highest BCUT2D eigenvalue weighted by atomic mass is 79.9. The number of anilines is 1. The summed E-state index contributed by atoms with van der Waals surface area (Å²) in [4.78, 5) is 8.24. The van der Waals surface area contributed by atoms with E-state index in [1.54, 1.807) is 12.4 Å². The van der Waals surface area contributed by atoms with Gasteiger partial charge in [-0.25, -0.2) is 9.97 Å². The third-order valence-electron chi connectivity index (χ3n) is 1.94. The van der Waals surface area contributed by atoms with Gasteiger partial charge in [-0.2, -0.15) is 0 Å². The van der Waals surface area contributed by atoms with Gasteiger partial charge in [0, 0.05) is 18.9 Å². The molecule has 0 aliphatic carbocycles. The molecular weight excluding hydrogens is 289 g/mol. The van der Waals surface area contributed by atoms with Crippen molar-refractivity contribution in [3.63, 3.8) is 0 Å². The summed E-state index contributed by atoms with van der Waals surface area (Å²) in [5.41, 5.74) is 0.245. The largest absolute Gasteiger partial charge is 0.353 e. The summed E-state index contributed by atoms with van der Waals surface area (Å²) in [6.45, 7) is 7.22. The van der Waals surface area contributed by atoms with E-state index >= 15 is 0 Å². The molecule has 0 aliphatic rings. The number of nitrogens with one attached hydrogen (secondary N) is 1. The van der Waals surface area contributed by atoms with E-state index in [0.29, 0.717) is 12.5 Å². The van der Waals surface area contributed by atoms with Gasteiger partial charge in [0.1, 0.15) is 0 Å². The molecule has 5 heteroatoms. The Morgan fingerprint density at radius 2 is 1.94 bits per heavy atom. The van der Waals surface area contributed by atoms with Crippen LogP contribution < -0.4 is 5.32 Å². The van der Waals surface area contributed by atoms with Gasteiger partial charge in [-0.3, -0.25) is 0 Å². The van der Waals surface area contributed by atoms with Crippen LogP contribution in [0, 0.1) is 5.41 Å². The second-order valence-corrected chi connectivity index (χ2v) is 6.50. The van der Waals surface area contributed by atoms with Crippen LogP contribution in [0.4, 0.5) is 5.95 Å². The molecule has 1 aromatic heterocycles. The first-order valence-electron chi connectivity index (χ1n) is 5.22. The van der Waals surface area contributed by atoms with Crippen molar-refractivity contribution in [2.45, 2.75) is 32.6 Å². The Morgan fingerprint density at radius 1 is 1.38 bits per heavy atom. The van der Waals surface area contributed by atoms with Crippen molar-refractivity contribution in [3.8, 4) is 0 Å². The maximum Gasteiger partial charge on any atom is 0.222 e. The molecular formula is C11H17BrClN3. The van der Waals surface area contributed by atoms with Crippen molar-refractivity contribution in [3.05, 3.63) is 16.9 Å². The summed E-state index contributed by atoms with van der Waals surface area (Å²) in [6, 6.07) is 0. The number of alkyl halides is 1. The molecule has 1 aromatic rings. The minimum Gasteiger partial charge on any atom is -0.353 e. The van der Waals surface area contributed by atoms with Gasteiger partial charge in [0.2, 0.25) is 5.95 Å². The average molecular weight is 307 g/mol. The molecule has 1 N–H and O–H groups in total. The molecule has 1 atom stereocenters. The van der Waals surface area contributed by atoms with Crippen LogP contribution in [0.25, 0.3) is 0 Å². The number of hydrogen-bond donors (Lipinski definition) is 1. The highest BCUT2D eigenvalue weighted by Crippen LogP contribution is 2.23. The Kier molecular flexibility index (Phi) is 4.99. The van der Waals surface area contributed by atoms with Crippen LogP contribution >= 0.6 is 27.5 Å². The molecule has 0 amide bonds. The van der Waals surface area contributed by atoms with Crippen molar-refractivity contribution in [2.24, 2.45) is 5.41 Å². The summed E-state index contributed by atoms with van der Waals surface area (Å²) in [5.74, 6) is 0.614. The molecule has 0 saturated heterocycles. The molecule has 0 aliphatic heterocycles. The average Bonchev–Trinajstić information content (AvgIpc) is 2.14. The first-order chi connectivity index (χ1) is 7.37. The fourth-order valence-corrected chi connectivity index (χ4v) is 2.09. The molecule has 0 bridgehead atoms. The Hall–Kier alpha value is -0.350. The Balaban J connectivity index is 2.37. The van der Waals surface area contributed by atoms with Crippen LogP contribution in [0.5, 0.6) is 0 Å². The maximum absolute atomic E-state index is 6.22. The summed E-state index contributed by atoms with van der Waals surface area (Å²) in [7, 11) is 0. The normalized spacial score (nSPS) is 13.6. The Labute approximate surface area is 110 Å². The van der Waals surface area contributed by atoms with Gasteiger partial charge in [-0.05, 0) is 27.8 Å². The van der Waals surface area contributed by atoms with E-state index in [1.807, 2.05) is 0 Å². The maximum atomic E-state index is 6.22. The van der Waals surface area contributed by atoms with Crippen molar-refractivity contribution in [1.29, 1.82) is 0 Å². The van der Waals surface area contributed by atoms with Gasteiger partial charge in [-0.15, -0.1) is 11.6 Å². The van der Waals surface area contributed by atoms with Crippen molar-refractivity contribution in [1.82, 2.24) is 9.97 Å². The van der Waals surface area contributed by atoms with Crippen molar-refractivity contribution >= 4 is 33.5 Å². The van der Waals surface area contributed by atoms with Gasteiger partial charge in [0.05, 0.1) is 9.85 Å². The molecule has 1 heterocycles. The lowest BCUT2D eigenvalue weighted by atomic mass is 9.90. The van der Waals surface area contributed by atoms with Crippen LogP contribution in [0.15, 0.2) is 16.9 Å². The van der Waals surface area contributed by atoms with E-state index in [2.05, 4.69) is 52.0 Å². The summed E-state index contributed by atoms with van der Waals surface area (Å²) < 4.78 is 0.871. The monoisotopic (exact) mass is 305 g/mol. The fourth-order valence-electron chi connectivity index (χ4n) is 1.34. The van der Waals surface area contributed by atoms with E-state index in [4.69, 9.17) is 11.6 Å². The molecule has 1 rings (SSSR count). The molecule has 0 aromatic carbocycles. The van der Waals surface area contributed by atoms with Gasteiger partial charge in [0.15, 0.2) is 0 Å². The van der Waals surface area contributed by atoms with E-state index in [-0.39, 0.29) is 10.8 Å². The lowest BCUT2D eigenvalue weighted by Crippen LogP contribution is -2.21. The molecule has 0 spiro atoms. The zero-order valence-corrected chi connectivity index (χ0v) is 12.1. The van der Waals surface area contributed by atoms with Crippen molar-refractivity contribution < 1.29 is 0 Å². The summed E-state index contributed by atoms with van der Waals surface area (Å²) in [6.07, 6.45) is 4.38. The third-order valence-corrected chi connectivity index (χ3v) is 2.65. The number of hydrogen-bond acceptors (Lipinski definition) is 3. The van der Waals surface area contributed by atoms with Crippen LogP contribution in [0.2, 0.25) is 0 Å². The van der Waals surface area contributed by atoms with E-state index < -0.39 is 0 Å². The lowest BCUT2D eigenvalue weighted by Gasteiger charge is -2.21. The van der Waals surface area contributed by atoms with Gasteiger partial charge >= 0.3 is 0 Å². The molecule has 0 radical (unpaired) electrons. The first-order valence-corrected chi connectivity index (χ1v) is 6.45. The van der Waals surface area contributed by atoms with Gasteiger partial charge < -0.3 is 5.32 Å². The number of rotatable bonds is 4. The van der Waals surface area contributed by atoms with Crippen LogP contribution in [0.3, 0.4) is 0 Å². The lowest BCUT2D eigenvalue weighted by molar-refractivity contribution is 0.373. The van der Waals surface area contributed by atoms with E-state index in [0.717, 1.165) is 10.9 Å². The van der Waals surface area contributed by atoms with Crippen LogP contribution in [-0.2, 0) is 0 Å². The first kappa shape index (κ1) is 13.7. The summed E-state index contributed by atoms with van der Waals surface area (Å²) >= 11 is 9.51. The highest BCUT2D eigenvalue weighted by Gasteiger charge is 2.16. The second-order valence-electron chi connectivity index (χ2n) is 4.97. The number of halogens is 2. The molecule has 3 nitrogen and oxygen atoms in total. The topological polar surface area (TPSA) is 37.8 Å². The number of nitrogens with zero attached hydrogens (tertiary/aromatic N) is 2. The Morgan fingerprint density at radius 3 is 2.44 bits per heavy atom. The van der Waals surface area contributed by atoms with Gasteiger partial charge in [-0.1, -0.05) is 20.8 Å². The smallest absolute Gasteiger partial charge is 0.222 e.